The third-order valence-electron chi connectivity index (χ3n) is 5.84. The topological polar surface area (TPSA) is 73.3 Å². The maximum absolute atomic E-state index is 13.1. The van der Waals surface area contributed by atoms with Gasteiger partial charge >= 0.3 is 6.09 Å². The molecule has 1 unspecified atom stereocenters. The van der Waals surface area contributed by atoms with Crippen molar-refractivity contribution in [3.63, 3.8) is 0 Å². The molecule has 3 rings (SSSR count). The summed E-state index contributed by atoms with van der Waals surface area (Å²) in [6.07, 6.45) is 2.88. The van der Waals surface area contributed by atoms with Crippen LogP contribution >= 0.6 is 0 Å². The summed E-state index contributed by atoms with van der Waals surface area (Å²) in [5.41, 5.74) is 2.63. The lowest BCUT2D eigenvalue weighted by atomic mass is 9.87. The molecule has 0 spiro atoms. The van der Waals surface area contributed by atoms with Gasteiger partial charge in [0, 0.05) is 38.8 Å². The Balaban J connectivity index is 1.62. The van der Waals surface area contributed by atoms with Crippen LogP contribution in [-0.4, -0.2) is 84.2 Å². The molecule has 1 aromatic rings. The number of benzene rings is 1. The molecule has 7 nitrogen and oxygen atoms in total. The van der Waals surface area contributed by atoms with E-state index in [-0.39, 0.29) is 11.9 Å². The number of carboxylic acid groups (broad SMARTS) is 1. The normalized spacial score (nSPS) is 19.8. The van der Waals surface area contributed by atoms with Crippen LogP contribution in [0.5, 0.6) is 5.75 Å². The Morgan fingerprint density at radius 1 is 1.21 bits per heavy atom. The standard InChI is InChI=1S/C21H31N3O4/c1-3-8-24(20(25)15-22-9-11-23(12-10-22)21(26)27)18-6-4-16-5-7-19(28-2)14-17(16)13-18/h5,7,14,18H,3-4,6,8-13,15H2,1-2H3,(H,26,27). The van der Waals surface area contributed by atoms with E-state index in [1.54, 1.807) is 7.11 Å². The first-order valence-electron chi connectivity index (χ1n) is 10.2. The lowest BCUT2D eigenvalue weighted by Gasteiger charge is -2.38. The van der Waals surface area contributed by atoms with Crippen LogP contribution in [0.1, 0.15) is 30.9 Å². The maximum Gasteiger partial charge on any atom is 0.407 e. The number of carbonyl (C=O) groups excluding carboxylic acids is 1. The van der Waals surface area contributed by atoms with Gasteiger partial charge in [0.15, 0.2) is 0 Å². The average molecular weight is 389 g/mol. The first-order chi connectivity index (χ1) is 13.5. The van der Waals surface area contributed by atoms with E-state index >= 15 is 0 Å². The molecule has 0 aromatic heterocycles. The summed E-state index contributed by atoms with van der Waals surface area (Å²) in [5, 5.41) is 9.08. The molecule has 1 heterocycles. The number of ether oxygens (including phenoxy) is 1. The minimum atomic E-state index is -0.880. The molecule has 1 fully saturated rings. The summed E-state index contributed by atoms with van der Waals surface area (Å²) in [4.78, 5) is 29.7. The minimum absolute atomic E-state index is 0.155. The van der Waals surface area contributed by atoms with Crippen molar-refractivity contribution < 1.29 is 19.4 Å². The summed E-state index contributed by atoms with van der Waals surface area (Å²) >= 11 is 0. The number of fused-ring (bicyclic) bond motifs is 1. The number of nitrogens with zero attached hydrogens (tertiary/aromatic N) is 3. The second-order valence-corrected chi connectivity index (χ2v) is 7.66. The quantitative estimate of drug-likeness (QED) is 0.807. The average Bonchev–Trinajstić information content (AvgIpc) is 2.71. The number of carbonyl (C=O) groups is 2. The number of methoxy groups -OCH3 is 1. The minimum Gasteiger partial charge on any atom is -0.497 e. The van der Waals surface area contributed by atoms with Crippen molar-refractivity contribution in [1.29, 1.82) is 0 Å². The van der Waals surface area contributed by atoms with Crippen LogP contribution in [-0.2, 0) is 17.6 Å². The Bertz CT molecular complexity index is 701. The molecule has 0 radical (unpaired) electrons. The van der Waals surface area contributed by atoms with Crippen molar-refractivity contribution in [2.75, 3.05) is 46.4 Å². The van der Waals surface area contributed by atoms with Gasteiger partial charge in [0.25, 0.3) is 0 Å². The van der Waals surface area contributed by atoms with Crippen molar-refractivity contribution in [3.8, 4) is 5.75 Å². The first-order valence-corrected chi connectivity index (χ1v) is 10.2. The zero-order chi connectivity index (χ0) is 20.1. The van der Waals surface area contributed by atoms with Crippen LogP contribution in [0.2, 0.25) is 0 Å². The summed E-state index contributed by atoms with van der Waals surface area (Å²) < 4.78 is 5.36. The van der Waals surface area contributed by atoms with Gasteiger partial charge in [-0.05, 0) is 48.9 Å². The van der Waals surface area contributed by atoms with Gasteiger partial charge in [-0.3, -0.25) is 9.69 Å². The summed E-state index contributed by atoms with van der Waals surface area (Å²) in [7, 11) is 1.68. The molecule has 1 saturated heterocycles. The van der Waals surface area contributed by atoms with Crippen LogP contribution in [0.15, 0.2) is 18.2 Å². The zero-order valence-corrected chi connectivity index (χ0v) is 16.9. The molecule has 2 amide bonds. The van der Waals surface area contributed by atoms with Crippen molar-refractivity contribution in [3.05, 3.63) is 29.3 Å². The van der Waals surface area contributed by atoms with Gasteiger partial charge < -0.3 is 19.6 Å². The largest absolute Gasteiger partial charge is 0.497 e. The smallest absolute Gasteiger partial charge is 0.407 e. The van der Waals surface area contributed by atoms with E-state index in [9.17, 15) is 9.59 Å². The van der Waals surface area contributed by atoms with Crippen molar-refractivity contribution in [2.45, 2.75) is 38.6 Å². The third-order valence-corrected chi connectivity index (χ3v) is 5.84. The van der Waals surface area contributed by atoms with Crippen LogP contribution in [0.25, 0.3) is 0 Å². The first kappa shape index (κ1) is 20.5. The van der Waals surface area contributed by atoms with Gasteiger partial charge in [0.2, 0.25) is 5.91 Å². The van der Waals surface area contributed by atoms with Crippen LogP contribution in [0.3, 0.4) is 0 Å². The fraction of sp³-hybridized carbons (Fsp3) is 0.619. The molecule has 7 heteroatoms. The van der Waals surface area contributed by atoms with Crippen molar-refractivity contribution in [1.82, 2.24) is 14.7 Å². The summed E-state index contributed by atoms with van der Waals surface area (Å²) in [5.74, 6) is 1.02. The van der Waals surface area contributed by atoms with Crippen LogP contribution < -0.4 is 4.74 Å². The molecule has 0 bridgehead atoms. The van der Waals surface area contributed by atoms with E-state index in [1.807, 2.05) is 11.0 Å². The lowest BCUT2D eigenvalue weighted by Crippen LogP contribution is -2.53. The van der Waals surface area contributed by atoms with Gasteiger partial charge in [-0.25, -0.2) is 4.79 Å². The lowest BCUT2D eigenvalue weighted by molar-refractivity contribution is -0.135. The molecular formula is C21H31N3O4. The van der Waals surface area contributed by atoms with E-state index in [2.05, 4.69) is 24.0 Å². The molecular weight excluding hydrogens is 358 g/mol. The molecule has 1 atom stereocenters. The van der Waals surface area contributed by atoms with E-state index in [0.29, 0.717) is 32.7 Å². The van der Waals surface area contributed by atoms with Gasteiger partial charge in [0.05, 0.1) is 13.7 Å². The van der Waals surface area contributed by atoms with E-state index in [1.165, 1.54) is 16.0 Å². The van der Waals surface area contributed by atoms with E-state index in [0.717, 1.165) is 38.0 Å². The highest BCUT2D eigenvalue weighted by Crippen LogP contribution is 2.28. The maximum atomic E-state index is 13.1. The number of hydrogen-bond donors (Lipinski definition) is 1. The van der Waals surface area contributed by atoms with E-state index in [4.69, 9.17) is 9.84 Å². The van der Waals surface area contributed by atoms with Gasteiger partial charge in [-0.15, -0.1) is 0 Å². The Kier molecular flexibility index (Phi) is 6.78. The predicted molar refractivity (Wildman–Crippen MR) is 107 cm³/mol. The second-order valence-electron chi connectivity index (χ2n) is 7.66. The highest BCUT2D eigenvalue weighted by atomic mass is 16.5. The number of rotatable bonds is 6. The molecule has 1 aliphatic heterocycles. The van der Waals surface area contributed by atoms with Gasteiger partial charge in [-0.2, -0.15) is 0 Å². The summed E-state index contributed by atoms with van der Waals surface area (Å²) in [6.45, 7) is 5.39. The van der Waals surface area contributed by atoms with Crippen molar-refractivity contribution >= 4 is 12.0 Å². The number of amides is 2. The highest BCUT2D eigenvalue weighted by Gasteiger charge is 2.29. The fourth-order valence-electron chi connectivity index (χ4n) is 4.24. The SMILES string of the molecule is CCCN(C(=O)CN1CCN(C(=O)O)CC1)C1CCc2ccc(OC)cc2C1. The van der Waals surface area contributed by atoms with E-state index < -0.39 is 6.09 Å². The fourth-order valence-corrected chi connectivity index (χ4v) is 4.24. The second kappa shape index (κ2) is 9.28. The van der Waals surface area contributed by atoms with Gasteiger partial charge in [0.1, 0.15) is 5.75 Å². The molecule has 154 valence electrons. The zero-order valence-electron chi connectivity index (χ0n) is 16.9. The Labute approximate surface area is 166 Å². The number of aryl methyl sites for hydroxylation is 1. The third kappa shape index (κ3) is 4.76. The van der Waals surface area contributed by atoms with Crippen LogP contribution in [0.4, 0.5) is 4.79 Å². The monoisotopic (exact) mass is 389 g/mol. The number of piperazine rings is 1. The summed E-state index contributed by atoms with van der Waals surface area (Å²) in [6, 6.07) is 6.46. The highest BCUT2D eigenvalue weighted by molar-refractivity contribution is 5.78. The Morgan fingerprint density at radius 3 is 2.61 bits per heavy atom. The Morgan fingerprint density at radius 2 is 1.96 bits per heavy atom. The molecule has 28 heavy (non-hydrogen) atoms. The number of hydrogen-bond acceptors (Lipinski definition) is 4. The Hall–Kier alpha value is -2.28. The molecule has 1 aliphatic carbocycles. The van der Waals surface area contributed by atoms with Crippen molar-refractivity contribution in [2.24, 2.45) is 0 Å². The molecule has 0 saturated carbocycles. The molecule has 1 aromatic carbocycles. The van der Waals surface area contributed by atoms with Crippen LogP contribution in [0, 0.1) is 0 Å². The molecule has 2 aliphatic rings. The molecule has 1 N–H and O–H groups in total. The predicted octanol–water partition coefficient (Wildman–Crippen LogP) is 2.09. The van der Waals surface area contributed by atoms with Gasteiger partial charge in [-0.1, -0.05) is 13.0 Å².